The second-order valence-electron chi connectivity index (χ2n) is 4.35. The Kier molecular flexibility index (Phi) is 5.32. The molecule has 0 aliphatic rings. The Labute approximate surface area is 102 Å². The quantitative estimate of drug-likeness (QED) is 0.769. The second-order valence-corrected chi connectivity index (χ2v) is 4.35. The van der Waals surface area contributed by atoms with E-state index in [0.717, 1.165) is 24.2 Å². The first kappa shape index (κ1) is 13.9. The number of likely N-dealkylation sites (N-methyl/N-ethyl adjacent to an activating group) is 1. The van der Waals surface area contributed by atoms with Crippen molar-refractivity contribution in [2.75, 3.05) is 19.6 Å². The fourth-order valence-electron chi connectivity index (χ4n) is 1.72. The lowest BCUT2D eigenvalue weighted by Gasteiger charge is -2.23. The van der Waals surface area contributed by atoms with Crippen molar-refractivity contribution in [2.45, 2.75) is 20.0 Å². The molecule has 0 radical (unpaired) electrons. The minimum absolute atomic E-state index is 0.282. The number of hydrogen-bond donors (Lipinski definition) is 1. The molecule has 0 aliphatic carbocycles. The standard InChI is InChI=1S/C14H20FNO/c1-4-16(9-11(2)3)10-14(17)12-5-7-13(15)8-6-12/h5-8,14,17H,2,4,9-10H2,1,3H3. The Balaban J connectivity index is 2.60. The molecule has 94 valence electrons. The van der Waals surface area contributed by atoms with Crippen molar-refractivity contribution in [3.8, 4) is 0 Å². The number of hydrogen-bond acceptors (Lipinski definition) is 2. The zero-order valence-electron chi connectivity index (χ0n) is 10.5. The van der Waals surface area contributed by atoms with Gasteiger partial charge in [-0.05, 0) is 31.2 Å². The molecule has 0 aromatic heterocycles. The monoisotopic (exact) mass is 237 g/mol. The van der Waals surface area contributed by atoms with Gasteiger partial charge >= 0.3 is 0 Å². The number of halogens is 1. The van der Waals surface area contributed by atoms with Crippen LogP contribution in [-0.2, 0) is 0 Å². The zero-order valence-corrected chi connectivity index (χ0v) is 10.5. The van der Waals surface area contributed by atoms with Crippen LogP contribution in [0.5, 0.6) is 0 Å². The van der Waals surface area contributed by atoms with Gasteiger partial charge in [-0.15, -0.1) is 0 Å². The van der Waals surface area contributed by atoms with E-state index >= 15 is 0 Å². The molecule has 1 aromatic rings. The van der Waals surface area contributed by atoms with Gasteiger partial charge in [0.05, 0.1) is 6.10 Å². The molecule has 0 saturated carbocycles. The second kappa shape index (κ2) is 6.52. The lowest BCUT2D eigenvalue weighted by Crippen LogP contribution is -2.29. The van der Waals surface area contributed by atoms with Crippen LogP contribution < -0.4 is 0 Å². The summed E-state index contributed by atoms with van der Waals surface area (Å²) in [5.41, 5.74) is 1.81. The summed E-state index contributed by atoms with van der Waals surface area (Å²) in [7, 11) is 0. The third-order valence-corrected chi connectivity index (χ3v) is 2.63. The van der Waals surface area contributed by atoms with Crippen LogP contribution in [0.15, 0.2) is 36.4 Å². The first-order valence-electron chi connectivity index (χ1n) is 5.83. The Morgan fingerprint density at radius 1 is 1.41 bits per heavy atom. The van der Waals surface area contributed by atoms with E-state index < -0.39 is 6.10 Å². The van der Waals surface area contributed by atoms with E-state index in [4.69, 9.17) is 0 Å². The SMILES string of the molecule is C=C(C)CN(CC)CC(O)c1ccc(F)cc1. The van der Waals surface area contributed by atoms with Gasteiger partial charge in [0.15, 0.2) is 0 Å². The molecule has 3 heteroatoms. The minimum atomic E-state index is -0.588. The molecule has 17 heavy (non-hydrogen) atoms. The number of benzene rings is 1. The number of aliphatic hydroxyl groups is 1. The molecular formula is C14H20FNO. The van der Waals surface area contributed by atoms with E-state index in [1.165, 1.54) is 12.1 Å². The summed E-state index contributed by atoms with van der Waals surface area (Å²) in [4.78, 5) is 2.11. The third-order valence-electron chi connectivity index (χ3n) is 2.63. The van der Waals surface area contributed by atoms with Crippen molar-refractivity contribution < 1.29 is 9.50 Å². The first-order valence-corrected chi connectivity index (χ1v) is 5.83. The highest BCUT2D eigenvalue weighted by Gasteiger charge is 2.12. The average molecular weight is 237 g/mol. The smallest absolute Gasteiger partial charge is 0.123 e. The van der Waals surface area contributed by atoms with Crippen molar-refractivity contribution in [3.63, 3.8) is 0 Å². The summed E-state index contributed by atoms with van der Waals surface area (Å²) in [5, 5.41) is 10.0. The van der Waals surface area contributed by atoms with Gasteiger partial charge in [0, 0.05) is 13.1 Å². The van der Waals surface area contributed by atoms with Crippen molar-refractivity contribution in [1.82, 2.24) is 4.90 Å². The van der Waals surface area contributed by atoms with E-state index in [-0.39, 0.29) is 5.82 Å². The van der Waals surface area contributed by atoms with Gasteiger partial charge in [-0.25, -0.2) is 4.39 Å². The van der Waals surface area contributed by atoms with Crippen molar-refractivity contribution >= 4 is 0 Å². The van der Waals surface area contributed by atoms with Gasteiger partial charge in [-0.1, -0.05) is 31.2 Å². The summed E-state index contributed by atoms with van der Waals surface area (Å²) in [6, 6.07) is 5.98. The van der Waals surface area contributed by atoms with Crippen molar-refractivity contribution in [3.05, 3.63) is 47.8 Å². The lowest BCUT2D eigenvalue weighted by molar-refractivity contribution is 0.121. The maximum Gasteiger partial charge on any atom is 0.123 e. The average Bonchev–Trinajstić information content (AvgIpc) is 2.28. The fourth-order valence-corrected chi connectivity index (χ4v) is 1.72. The Bertz CT molecular complexity index is 361. The molecule has 1 N–H and O–H groups in total. The van der Waals surface area contributed by atoms with Gasteiger partial charge in [-0.2, -0.15) is 0 Å². The molecule has 0 aliphatic heterocycles. The molecule has 0 amide bonds. The summed E-state index contributed by atoms with van der Waals surface area (Å²) in [6.07, 6.45) is -0.588. The van der Waals surface area contributed by atoms with Crippen LogP contribution in [-0.4, -0.2) is 29.6 Å². The van der Waals surface area contributed by atoms with E-state index in [1.54, 1.807) is 12.1 Å². The topological polar surface area (TPSA) is 23.5 Å². The van der Waals surface area contributed by atoms with Crippen molar-refractivity contribution in [2.24, 2.45) is 0 Å². The van der Waals surface area contributed by atoms with Crippen LogP contribution in [0.1, 0.15) is 25.5 Å². The minimum Gasteiger partial charge on any atom is -0.387 e. The van der Waals surface area contributed by atoms with Gasteiger partial charge in [0.2, 0.25) is 0 Å². The highest BCUT2D eigenvalue weighted by molar-refractivity contribution is 5.18. The normalized spacial score (nSPS) is 12.8. The maximum absolute atomic E-state index is 12.7. The van der Waals surface area contributed by atoms with Crippen LogP contribution in [0, 0.1) is 5.82 Å². The number of rotatable bonds is 6. The first-order chi connectivity index (χ1) is 8.02. The van der Waals surface area contributed by atoms with E-state index in [2.05, 4.69) is 11.5 Å². The van der Waals surface area contributed by atoms with Crippen LogP contribution in [0.3, 0.4) is 0 Å². The molecule has 0 saturated heterocycles. The van der Waals surface area contributed by atoms with Crippen LogP contribution >= 0.6 is 0 Å². The van der Waals surface area contributed by atoms with Crippen molar-refractivity contribution in [1.29, 1.82) is 0 Å². The molecule has 1 rings (SSSR count). The fraction of sp³-hybridized carbons (Fsp3) is 0.429. The molecule has 1 unspecified atom stereocenters. The molecule has 2 nitrogen and oxygen atoms in total. The highest BCUT2D eigenvalue weighted by Crippen LogP contribution is 2.15. The molecule has 0 heterocycles. The van der Waals surface area contributed by atoms with Gasteiger partial charge in [-0.3, -0.25) is 4.90 Å². The number of nitrogens with zero attached hydrogens (tertiary/aromatic N) is 1. The lowest BCUT2D eigenvalue weighted by atomic mass is 10.1. The molecule has 0 bridgehead atoms. The summed E-state index contributed by atoms with van der Waals surface area (Å²) in [6.45, 7) is 10.0. The van der Waals surface area contributed by atoms with Gasteiger partial charge in [0.1, 0.15) is 5.82 Å². The molecular weight excluding hydrogens is 217 g/mol. The maximum atomic E-state index is 12.7. The molecule has 1 atom stereocenters. The van der Waals surface area contributed by atoms with Crippen LogP contribution in [0.2, 0.25) is 0 Å². The van der Waals surface area contributed by atoms with E-state index in [0.29, 0.717) is 6.54 Å². The number of aliphatic hydroxyl groups excluding tert-OH is 1. The van der Waals surface area contributed by atoms with E-state index in [1.807, 2.05) is 13.8 Å². The predicted molar refractivity (Wildman–Crippen MR) is 68.3 cm³/mol. The molecule has 0 spiro atoms. The molecule has 0 fully saturated rings. The summed E-state index contributed by atoms with van der Waals surface area (Å²) >= 11 is 0. The van der Waals surface area contributed by atoms with Crippen LogP contribution in [0.25, 0.3) is 0 Å². The van der Waals surface area contributed by atoms with Gasteiger partial charge in [0.25, 0.3) is 0 Å². The van der Waals surface area contributed by atoms with Gasteiger partial charge < -0.3 is 5.11 Å². The Morgan fingerprint density at radius 3 is 2.47 bits per heavy atom. The third kappa shape index (κ3) is 4.67. The van der Waals surface area contributed by atoms with Crippen LogP contribution in [0.4, 0.5) is 4.39 Å². The Morgan fingerprint density at radius 2 is 2.00 bits per heavy atom. The van der Waals surface area contributed by atoms with E-state index in [9.17, 15) is 9.50 Å². The molecule has 1 aromatic carbocycles. The summed E-state index contributed by atoms with van der Waals surface area (Å²) < 4.78 is 12.7. The zero-order chi connectivity index (χ0) is 12.8. The summed E-state index contributed by atoms with van der Waals surface area (Å²) in [5.74, 6) is -0.282. The highest BCUT2D eigenvalue weighted by atomic mass is 19.1. The predicted octanol–water partition coefficient (Wildman–Crippen LogP) is 2.76. The largest absolute Gasteiger partial charge is 0.387 e. The Hall–Kier alpha value is -1.19.